The lowest BCUT2D eigenvalue weighted by atomic mass is 10.1. The van der Waals surface area contributed by atoms with E-state index in [9.17, 15) is 4.79 Å². The van der Waals surface area contributed by atoms with Gasteiger partial charge in [0.2, 0.25) is 0 Å². The van der Waals surface area contributed by atoms with Gasteiger partial charge in [-0.15, -0.1) is 0 Å². The number of carbonyl (C=O) groups is 1. The van der Waals surface area contributed by atoms with Crippen LogP contribution in [0.2, 0.25) is 0 Å². The van der Waals surface area contributed by atoms with Crippen molar-refractivity contribution in [2.75, 3.05) is 7.05 Å². The smallest absolute Gasteiger partial charge is 0.335 e. The molecule has 2 rings (SSSR count). The fourth-order valence-electron chi connectivity index (χ4n) is 2.04. The minimum Gasteiger partial charge on any atom is -0.478 e. The van der Waals surface area contributed by atoms with Crippen molar-refractivity contribution in [3.05, 3.63) is 53.3 Å². The molecule has 1 aromatic heterocycles. The van der Waals surface area contributed by atoms with E-state index < -0.39 is 5.97 Å². The lowest BCUT2D eigenvalue weighted by Crippen LogP contribution is -2.17. The van der Waals surface area contributed by atoms with E-state index in [-0.39, 0.29) is 0 Å². The van der Waals surface area contributed by atoms with Gasteiger partial charge < -0.3 is 5.11 Å². The molecule has 5 nitrogen and oxygen atoms in total. The molecule has 0 amide bonds. The summed E-state index contributed by atoms with van der Waals surface area (Å²) in [5.74, 6) is -0.892. The van der Waals surface area contributed by atoms with Crippen LogP contribution in [-0.2, 0) is 20.1 Å². The molecule has 1 heterocycles. The average molecular weight is 259 g/mol. The fraction of sp³-hybridized carbons (Fsp3) is 0.286. The standard InChI is InChI=1S/C14H17N3O2/c1-16(9-12-7-15-17(2)10-12)8-11-4-3-5-13(6-11)14(18)19/h3-7,10H,8-9H2,1-2H3,(H,18,19). The van der Waals surface area contributed by atoms with E-state index in [1.807, 2.05) is 32.6 Å². The molecule has 0 aliphatic rings. The normalized spacial score (nSPS) is 10.9. The monoisotopic (exact) mass is 259 g/mol. The number of rotatable bonds is 5. The van der Waals surface area contributed by atoms with Crippen molar-refractivity contribution in [2.24, 2.45) is 7.05 Å². The van der Waals surface area contributed by atoms with Crippen molar-refractivity contribution in [3.63, 3.8) is 0 Å². The van der Waals surface area contributed by atoms with Crippen molar-refractivity contribution >= 4 is 5.97 Å². The SMILES string of the molecule is CN(Cc1cccc(C(=O)O)c1)Cc1cnn(C)c1. The van der Waals surface area contributed by atoms with Crippen LogP contribution >= 0.6 is 0 Å². The zero-order valence-electron chi connectivity index (χ0n) is 11.1. The molecule has 5 heteroatoms. The van der Waals surface area contributed by atoms with E-state index in [1.165, 1.54) is 0 Å². The molecule has 0 aliphatic heterocycles. The van der Waals surface area contributed by atoms with Gasteiger partial charge in [0.1, 0.15) is 0 Å². The molecule has 0 bridgehead atoms. The first-order chi connectivity index (χ1) is 9.04. The summed E-state index contributed by atoms with van der Waals surface area (Å²) in [5.41, 5.74) is 2.46. The molecular formula is C14H17N3O2. The summed E-state index contributed by atoms with van der Waals surface area (Å²) in [5, 5.41) is 13.1. The zero-order chi connectivity index (χ0) is 13.8. The van der Waals surface area contributed by atoms with Crippen LogP contribution in [0.25, 0.3) is 0 Å². The second-order valence-electron chi connectivity index (χ2n) is 4.70. The Morgan fingerprint density at radius 2 is 2.11 bits per heavy atom. The molecule has 19 heavy (non-hydrogen) atoms. The van der Waals surface area contributed by atoms with Crippen LogP contribution in [0.3, 0.4) is 0 Å². The van der Waals surface area contributed by atoms with Crippen molar-refractivity contribution < 1.29 is 9.90 Å². The van der Waals surface area contributed by atoms with Crippen LogP contribution in [0, 0.1) is 0 Å². The molecule has 1 N–H and O–H groups in total. The van der Waals surface area contributed by atoms with Crippen LogP contribution in [0.5, 0.6) is 0 Å². The van der Waals surface area contributed by atoms with E-state index in [0.717, 1.165) is 17.7 Å². The van der Waals surface area contributed by atoms with Gasteiger partial charge in [-0.1, -0.05) is 12.1 Å². The van der Waals surface area contributed by atoms with E-state index in [0.29, 0.717) is 12.1 Å². The summed E-state index contributed by atoms with van der Waals surface area (Å²) >= 11 is 0. The molecule has 2 aromatic rings. The molecule has 1 aromatic carbocycles. The first-order valence-corrected chi connectivity index (χ1v) is 6.03. The Morgan fingerprint density at radius 1 is 1.37 bits per heavy atom. The maximum absolute atomic E-state index is 10.9. The van der Waals surface area contributed by atoms with Gasteiger partial charge in [0.25, 0.3) is 0 Å². The predicted octanol–water partition coefficient (Wildman–Crippen LogP) is 1.75. The van der Waals surface area contributed by atoms with Gasteiger partial charge >= 0.3 is 5.97 Å². The molecule has 0 saturated carbocycles. The Morgan fingerprint density at radius 3 is 2.74 bits per heavy atom. The summed E-state index contributed by atoms with van der Waals surface area (Å²) in [6.45, 7) is 1.49. The highest BCUT2D eigenvalue weighted by Gasteiger charge is 2.06. The number of carboxylic acid groups (broad SMARTS) is 1. The van der Waals surface area contributed by atoms with Gasteiger partial charge in [0.15, 0.2) is 0 Å². The maximum Gasteiger partial charge on any atom is 0.335 e. The fourth-order valence-corrected chi connectivity index (χ4v) is 2.04. The summed E-state index contributed by atoms with van der Waals surface area (Å²) in [6.07, 6.45) is 3.81. The van der Waals surface area contributed by atoms with Gasteiger partial charge in [-0.3, -0.25) is 9.58 Å². The van der Waals surface area contributed by atoms with Crippen LogP contribution < -0.4 is 0 Å². The topological polar surface area (TPSA) is 58.4 Å². The molecule has 0 aliphatic carbocycles. The molecule has 0 atom stereocenters. The Bertz CT molecular complexity index is 578. The van der Waals surface area contributed by atoms with Crippen LogP contribution in [0.1, 0.15) is 21.5 Å². The van der Waals surface area contributed by atoms with E-state index >= 15 is 0 Å². The lowest BCUT2D eigenvalue weighted by molar-refractivity contribution is 0.0696. The third kappa shape index (κ3) is 3.66. The number of aromatic carboxylic acids is 1. The van der Waals surface area contributed by atoms with Crippen molar-refractivity contribution in [1.82, 2.24) is 14.7 Å². The Kier molecular flexibility index (Phi) is 3.97. The largest absolute Gasteiger partial charge is 0.478 e. The van der Waals surface area contributed by atoms with Gasteiger partial charge in [0, 0.05) is 31.9 Å². The Hall–Kier alpha value is -2.14. The Labute approximate surface area is 112 Å². The first kappa shape index (κ1) is 13.3. The molecular weight excluding hydrogens is 242 g/mol. The van der Waals surface area contributed by atoms with Gasteiger partial charge in [-0.2, -0.15) is 5.10 Å². The molecule has 0 spiro atoms. The molecule has 0 fully saturated rings. The van der Waals surface area contributed by atoms with E-state index in [4.69, 9.17) is 5.11 Å². The van der Waals surface area contributed by atoms with Gasteiger partial charge in [-0.05, 0) is 24.7 Å². The average Bonchev–Trinajstić information content (AvgIpc) is 2.74. The highest BCUT2D eigenvalue weighted by molar-refractivity contribution is 5.87. The molecule has 0 radical (unpaired) electrons. The van der Waals surface area contributed by atoms with Crippen molar-refractivity contribution in [2.45, 2.75) is 13.1 Å². The zero-order valence-corrected chi connectivity index (χ0v) is 11.1. The summed E-state index contributed by atoms with van der Waals surface area (Å²) < 4.78 is 1.77. The van der Waals surface area contributed by atoms with E-state index in [2.05, 4.69) is 10.00 Å². The highest BCUT2D eigenvalue weighted by Crippen LogP contribution is 2.10. The van der Waals surface area contributed by atoms with Gasteiger partial charge in [0.05, 0.1) is 11.8 Å². The number of hydrogen-bond acceptors (Lipinski definition) is 3. The first-order valence-electron chi connectivity index (χ1n) is 6.03. The van der Waals surface area contributed by atoms with Crippen molar-refractivity contribution in [1.29, 1.82) is 0 Å². The quantitative estimate of drug-likeness (QED) is 0.888. The second kappa shape index (κ2) is 5.67. The number of benzene rings is 1. The van der Waals surface area contributed by atoms with Crippen LogP contribution in [0.4, 0.5) is 0 Å². The highest BCUT2D eigenvalue weighted by atomic mass is 16.4. The van der Waals surface area contributed by atoms with Crippen molar-refractivity contribution in [3.8, 4) is 0 Å². The number of aromatic nitrogens is 2. The molecule has 100 valence electrons. The minimum absolute atomic E-state index is 0.326. The number of nitrogens with zero attached hydrogens (tertiary/aromatic N) is 3. The number of carboxylic acids is 1. The van der Waals surface area contributed by atoms with E-state index in [1.54, 1.807) is 22.9 Å². The predicted molar refractivity (Wildman–Crippen MR) is 71.8 cm³/mol. The molecule has 0 saturated heterocycles. The summed E-state index contributed by atoms with van der Waals surface area (Å²) in [7, 11) is 3.89. The van der Waals surface area contributed by atoms with Crippen LogP contribution in [0.15, 0.2) is 36.7 Å². The third-order valence-corrected chi connectivity index (χ3v) is 2.84. The summed E-state index contributed by atoms with van der Waals surface area (Å²) in [6, 6.07) is 7.03. The van der Waals surface area contributed by atoms with Gasteiger partial charge in [-0.25, -0.2) is 4.79 Å². The van der Waals surface area contributed by atoms with Crippen LogP contribution in [-0.4, -0.2) is 32.8 Å². The summed E-state index contributed by atoms with van der Waals surface area (Å²) in [4.78, 5) is 13.0. The number of aryl methyl sites for hydroxylation is 1. The molecule has 0 unspecified atom stereocenters. The minimum atomic E-state index is -0.892. The lowest BCUT2D eigenvalue weighted by Gasteiger charge is -2.15. The Balaban J connectivity index is 2.00. The second-order valence-corrected chi connectivity index (χ2v) is 4.70. The number of hydrogen-bond donors (Lipinski definition) is 1. The third-order valence-electron chi connectivity index (χ3n) is 2.84. The maximum atomic E-state index is 10.9.